The summed E-state index contributed by atoms with van der Waals surface area (Å²) in [6.45, 7) is 16.6. The second-order valence-electron chi connectivity index (χ2n) is 17.3. The van der Waals surface area contributed by atoms with Crippen LogP contribution < -0.4 is 15.3 Å². The molecule has 1 atom stereocenters. The molecule has 5 heteroatoms. The standard InChI is InChI=1S/C58H53BN2O2/c1-34-15-11-22-51-49(34)21-14-24-53(51)61(56-39(6)37(4)54(59)41(8)58(56)63)48-31-27-43(28-32-48)46-19-12-18-45(33-46)42-25-29-47(30-26-42)60(52-23-13-17-44-16-9-10-20-50(44)52)55-38(5)35(2)36(3)40(7)57(55)62/h9-14,16-34,62-63H,15H2,1-8H3. The van der Waals surface area contributed by atoms with Crippen molar-refractivity contribution in [2.75, 3.05) is 9.80 Å². The van der Waals surface area contributed by atoms with Gasteiger partial charge in [-0.3, -0.25) is 0 Å². The zero-order chi connectivity index (χ0) is 44.3. The average molecular weight is 821 g/mol. The van der Waals surface area contributed by atoms with E-state index in [1.165, 1.54) is 16.7 Å². The Morgan fingerprint density at radius 3 is 1.65 bits per heavy atom. The van der Waals surface area contributed by atoms with Crippen LogP contribution in [0.4, 0.5) is 34.1 Å². The molecular formula is C58H53BN2O2. The molecule has 0 saturated carbocycles. The fourth-order valence-corrected chi connectivity index (χ4v) is 9.52. The molecule has 8 aromatic carbocycles. The molecule has 0 spiro atoms. The van der Waals surface area contributed by atoms with E-state index in [-0.39, 0.29) is 5.75 Å². The largest absolute Gasteiger partial charge is 0.505 e. The first kappa shape index (κ1) is 41.4. The van der Waals surface area contributed by atoms with Crippen LogP contribution in [0.15, 0.2) is 140 Å². The Morgan fingerprint density at radius 1 is 0.492 bits per heavy atom. The van der Waals surface area contributed by atoms with Crippen LogP contribution in [0.5, 0.6) is 11.5 Å². The van der Waals surface area contributed by atoms with Crippen LogP contribution in [0.25, 0.3) is 39.1 Å². The van der Waals surface area contributed by atoms with Crippen molar-refractivity contribution in [2.45, 2.75) is 67.7 Å². The SMILES string of the molecule is [B]c1c(C)c(C)c(N(c2ccc(-c3cccc(-c4ccc(N(c5c(C)c(C)c(C)c(C)c5O)c5cccc6ccccc56)cc4)c3)cc2)c2cccc3c2C=CCC3C)c(O)c1C. The Kier molecular flexibility index (Phi) is 10.8. The quantitative estimate of drug-likeness (QED) is 0.150. The van der Waals surface area contributed by atoms with Gasteiger partial charge >= 0.3 is 0 Å². The van der Waals surface area contributed by atoms with Crippen molar-refractivity contribution in [1.29, 1.82) is 0 Å². The van der Waals surface area contributed by atoms with Gasteiger partial charge in [0, 0.05) is 22.3 Å². The number of benzene rings is 8. The molecule has 0 aromatic heterocycles. The van der Waals surface area contributed by atoms with Crippen molar-refractivity contribution >= 4 is 64.3 Å². The Morgan fingerprint density at radius 2 is 1.00 bits per heavy atom. The van der Waals surface area contributed by atoms with Crippen LogP contribution in [0.3, 0.4) is 0 Å². The van der Waals surface area contributed by atoms with E-state index in [2.05, 4.69) is 183 Å². The highest BCUT2D eigenvalue weighted by molar-refractivity contribution is 6.35. The van der Waals surface area contributed by atoms with Crippen LogP contribution in [0.2, 0.25) is 0 Å². The number of phenolic OH excluding ortho intramolecular Hbond substituents is 2. The monoisotopic (exact) mass is 820 g/mol. The molecule has 1 aliphatic rings. The molecule has 0 saturated heterocycles. The van der Waals surface area contributed by atoms with Gasteiger partial charge in [0.05, 0.1) is 22.7 Å². The molecule has 8 aromatic rings. The van der Waals surface area contributed by atoms with Crippen molar-refractivity contribution in [3.05, 3.63) is 190 Å². The van der Waals surface area contributed by atoms with E-state index < -0.39 is 0 Å². The smallest absolute Gasteiger partial charge is 0.143 e. The van der Waals surface area contributed by atoms with E-state index in [1.54, 1.807) is 0 Å². The third-order valence-electron chi connectivity index (χ3n) is 13.8. The first-order valence-corrected chi connectivity index (χ1v) is 21.9. The Hall–Kier alpha value is -6.98. The molecule has 2 radical (unpaired) electrons. The fourth-order valence-electron chi connectivity index (χ4n) is 9.52. The minimum absolute atomic E-state index is 0.195. The zero-order valence-electron chi connectivity index (χ0n) is 37.5. The van der Waals surface area contributed by atoms with Crippen molar-refractivity contribution in [3.63, 3.8) is 0 Å². The van der Waals surface area contributed by atoms with Gasteiger partial charge < -0.3 is 20.0 Å². The summed E-state index contributed by atoms with van der Waals surface area (Å²) < 4.78 is 0. The molecule has 2 N–H and O–H groups in total. The summed E-state index contributed by atoms with van der Waals surface area (Å²) in [6, 6.07) is 47.3. The normalized spacial score (nSPS) is 13.3. The van der Waals surface area contributed by atoms with Crippen LogP contribution in [0.1, 0.15) is 69.3 Å². The number of rotatable bonds is 8. The number of fused-ring (bicyclic) bond motifs is 2. The van der Waals surface area contributed by atoms with Gasteiger partial charge in [-0.1, -0.05) is 121 Å². The van der Waals surface area contributed by atoms with E-state index in [4.69, 9.17) is 7.85 Å². The van der Waals surface area contributed by atoms with E-state index in [1.807, 2.05) is 27.7 Å². The number of nitrogens with zero attached hydrogens (tertiary/aromatic N) is 2. The molecule has 0 fully saturated rings. The second kappa shape index (κ2) is 16.4. The number of allylic oxidation sites excluding steroid dienone is 1. The summed E-state index contributed by atoms with van der Waals surface area (Å²) in [5.41, 5.74) is 19.8. The highest BCUT2D eigenvalue weighted by Crippen LogP contribution is 2.50. The summed E-state index contributed by atoms with van der Waals surface area (Å²) in [5.74, 6) is 0.888. The first-order chi connectivity index (χ1) is 30.3. The van der Waals surface area contributed by atoms with Crippen molar-refractivity contribution < 1.29 is 10.2 Å². The molecule has 9 rings (SSSR count). The van der Waals surface area contributed by atoms with E-state index >= 15 is 0 Å². The minimum atomic E-state index is 0.195. The molecule has 310 valence electrons. The van der Waals surface area contributed by atoms with Gasteiger partial charge in [-0.05, 0) is 170 Å². The predicted molar refractivity (Wildman–Crippen MR) is 268 cm³/mol. The summed E-state index contributed by atoms with van der Waals surface area (Å²) in [5, 5.41) is 25.9. The molecule has 1 aliphatic carbocycles. The zero-order valence-corrected chi connectivity index (χ0v) is 37.5. The van der Waals surface area contributed by atoms with Gasteiger partial charge in [0.25, 0.3) is 0 Å². The predicted octanol–water partition coefficient (Wildman–Crippen LogP) is 15.0. The molecule has 0 aliphatic heterocycles. The number of hydrogen-bond acceptors (Lipinski definition) is 4. The molecular weight excluding hydrogens is 767 g/mol. The highest BCUT2D eigenvalue weighted by Gasteiger charge is 2.27. The van der Waals surface area contributed by atoms with Crippen LogP contribution in [-0.4, -0.2) is 18.1 Å². The number of anilines is 6. The van der Waals surface area contributed by atoms with E-state index in [9.17, 15) is 10.2 Å². The highest BCUT2D eigenvalue weighted by atomic mass is 16.3. The van der Waals surface area contributed by atoms with Gasteiger partial charge in [0.2, 0.25) is 0 Å². The third kappa shape index (κ3) is 7.06. The Labute approximate surface area is 373 Å². The van der Waals surface area contributed by atoms with E-state index in [0.717, 1.165) is 101 Å². The molecule has 0 heterocycles. The van der Waals surface area contributed by atoms with Gasteiger partial charge in [-0.25, -0.2) is 0 Å². The second-order valence-corrected chi connectivity index (χ2v) is 17.3. The van der Waals surface area contributed by atoms with Crippen molar-refractivity contribution in [3.8, 4) is 33.8 Å². The summed E-state index contributed by atoms with van der Waals surface area (Å²) in [4.78, 5) is 4.42. The van der Waals surface area contributed by atoms with Crippen LogP contribution >= 0.6 is 0 Å². The molecule has 1 unspecified atom stereocenters. The topological polar surface area (TPSA) is 46.9 Å². The van der Waals surface area contributed by atoms with Gasteiger partial charge in [0.1, 0.15) is 19.3 Å². The lowest BCUT2D eigenvalue weighted by molar-refractivity contribution is 0.471. The van der Waals surface area contributed by atoms with Crippen LogP contribution in [0, 0.1) is 48.5 Å². The summed E-state index contributed by atoms with van der Waals surface area (Å²) in [6.07, 6.45) is 5.48. The van der Waals surface area contributed by atoms with Crippen LogP contribution in [-0.2, 0) is 0 Å². The molecule has 63 heavy (non-hydrogen) atoms. The molecule has 0 bridgehead atoms. The fraction of sp³-hybridized carbons (Fsp3) is 0.172. The lowest BCUT2D eigenvalue weighted by atomic mass is 9.82. The summed E-state index contributed by atoms with van der Waals surface area (Å²) >= 11 is 0. The number of phenols is 2. The Bertz CT molecular complexity index is 3050. The van der Waals surface area contributed by atoms with E-state index in [0.29, 0.717) is 22.7 Å². The van der Waals surface area contributed by atoms with Crippen molar-refractivity contribution in [2.24, 2.45) is 0 Å². The lowest BCUT2D eigenvalue weighted by Crippen LogP contribution is -2.20. The Balaban J connectivity index is 1.10. The van der Waals surface area contributed by atoms with Crippen molar-refractivity contribution in [1.82, 2.24) is 0 Å². The average Bonchev–Trinajstić information content (AvgIpc) is 3.32. The maximum atomic E-state index is 11.8. The third-order valence-corrected chi connectivity index (χ3v) is 13.8. The minimum Gasteiger partial charge on any atom is -0.505 e. The van der Waals surface area contributed by atoms with Gasteiger partial charge in [-0.2, -0.15) is 0 Å². The molecule has 4 nitrogen and oxygen atoms in total. The van der Waals surface area contributed by atoms with Gasteiger partial charge in [0.15, 0.2) is 0 Å². The number of hydrogen-bond donors (Lipinski definition) is 2. The number of aromatic hydroxyl groups is 2. The first-order valence-electron chi connectivity index (χ1n) is 21.9. The maximum Gasteiger partial charge on any atom is 0.143 e. The summed E-state index contributed by atoms with van der Waals surface area (Å²) in [7, 11) is 6.51. The van der Waals surface area contributed by atoms with Gasteiger partial charge in [-0.15, -0.1) is 0 Å². The molecule has 0 amide bonds. The maximum absolute atomic E-state index is 11.8. The lowest BCUT2D eigenvalue weighted by Gasteiger charge is -2.33.